The zero-order valence-corrected chi connectivity index (χ0v) is 19.9. The van der Waals surface area contributed by atoms with E-state index in [1.807, 2.05) is 18.0 Å². The molecule has 196 valence electrons. The van der Waals surface area contributed by atoms with Gasteiger partial charge in [-0.2, -0.15) is 23.4 Å². The van der Waals surface area contributed by atoms with Gasteiger partial charge in [0.25, 0.3) is 0 Å². The van der Waals surface area contributed by atoms with Gasteiger partial charge in [0.15, 0.2) is 0 Å². The van der Waals surface area contributed by atoms with Crippen LogP contribution in [0.15, 0.2) is 28.8 Å². The predicted octanol–water partition coefficient (Wildman–Crippen LogP) is 3.48. The van der Waals surface area contributed by atoms with Crippen LogP contribution in [0.25, 0.3) is 22.4 Å². The van der Waals surface area contributed by atoms with Crippen LogP contribution in [0.4, 0.5) is 23.2 Å². The second kappa shape index (κ2) is 9.66. The quantitative estimate of drug-likeness (QED) is 0.460. The second-order valence-corrected chi connectivity index (χ2v) is 9.59. The van der Waals surface area contributed by atoms with E-state index in [1.165, 1.54) is 6.07 Å². The molecule has 1 aliphatic heterocycles. The molecule has 3 heterocycles. The first kappa shape index (κ1) is 25.0. The molecule has 2 aliphatic rings. The van der Waals surface area contributed by atoms with Crippen LogP contribution < -0.4 is 10.6 Å². The Hall–Kier alpha value is -3.66. The number of carbonyl (C=O) groups excluding carboxylic acids is 1. The number of nitrogens with zero attached hydrogens (tertiary/aromatic N) is 5. The monoisotopic (exact) mass is 519 g/mol. The first-order chi connectivity index (χ1) is 17.6. The van der Waals surface area contributed by atoms with Crippen molar-refractivity contribution in [1.29, 1.82) is 5.26 Å². The zero-order chi connectivity index (χ0) is 26.3. The lowest BCUT2D eigenvalue weighted by Gasteiger charge is -2.33. The number of fused-ring (bicyclic) bond motifs is 1. The average molecular weight is 520 g/mol. The Bertz CT molecular complexity index is 1350. The number of benzene rings is 1. The first-order valence-corrected chi connectivity index (χ1v) is 11.9. The molecule has 1 amide bonds. The van der Waals surface area contributed by atoms with E-state index in [-0.39, 0.29) is 53.8 Å². The molecule has 3 aromatic rings. The van der Waals surface area contributed by atoms with Crippen molar-refractivity contribution in [2.24, 2.45) is 11.8 Å². The van der Waals surface area contributed by atoms with Gasteiger partial charge in [-0.05, 0) is 38.1 Å². The molecule has 13 heteroatoms. The Morgan fingerprint density at radius 1 is 1.35 bits per heavy atom. The van der Waals surface area contributed by atoms with Crippen molar-refractivity contribution < 1.29 is 26.9 Å². The van der Waals surface area contributed by atoms with Crippen LogP contribution in [0.2, 0.25) is 0 Å². The number of anilines is 1. The summed E-state index contributed by atoms with van der Waals surface area (Å²) in [7, 11) is 1.84. The van der Waals surface area contributed by atoms with Gasteiger partial charge in [0.1, 0.15) is 12.7 Å². The lowest BCUT2D eigenvalue weighted by Crippen LogP contribution is -2.46. The number of rotatable bonds is 7. The maximum Gasteiger partial charge on any atom is 0.406 e. The van der Waals surface area contributed by atoms with Gasteiger partial charge >= 0.3 is 6.18 Å². The summed E-state index contributed by atoms with van der Waals surface area (Å²) in [6.45, 7) is -0.420. The third-order valence-electron chi connectivity index (χ3n) is 6.77. The number of alkyl halides is 4. The molecule has 0 bridgehead atoms. The normalized spacial score (nSPS) is 24.1. The summed E-state index contributed by atoms with van der Waals surface area (Å²) in [6.07, 6.45) is -4.60. The SMILES string of the molecule is CN1CC[C@@H](Nc2cccc3c2cc(-c2noc(CNC(=O)[C@@H]4C[C@H]4C#N)n2)n3CC(F)(F)F)[C@@H](F)C1. The van der Waals surface area contributed by atoms with Crippen molar-refractivity contribution in [2.75, 3.05) is 25.5 Å². The molecule has 4 atom stereocenters. The van der Waals surface area contributed by atoms with Crippen molar-refractivity contribution in [3.63, 3.8) is 0 Å². The fourth-order valence-electron chi connectivity index (χ4n) is 4.72. The van der Waals surface area contributed by atoms with E-state index in [0.29, 0.717) is 30.5 Å². The van der Waals surface area contributed by atoms with Gasteiger partial charge in [0.05, 0.1) is 41.7 Å². The van der Waals surface area contributed by atoms with Crippen LogP contribution in [0.5, 0.6) is 0 Å². The van der Waals surface area contributed by atoms with E-state index in [2.05, 4.69) is 20.8 Å². The number of aromatic nitrogens is 3. The summed E-state index contributed by atoms with van der Waals surface area (Å²) in [5.74, 6) is -1.04. The molecule has 2 N–H and O–H groups in total. The van der Waals surface area contributed by atoms with Gasteiger partial charge in [-0.25, -0.2) is 4.39 Å². The van der Waals surface area contributed by atoms with E-state index >= 15 is 0 Å². The summed E-state index contributed by atoms with van der Waals surface area (Å²) in [6, 6.07) is 7.97. The second-order valence-electron chi connectivity index (χ2n) is 9.59. The maximum atomic E-state index is 14.6. The fraction of sp³-hybridized carbons (Fsp3) is 0.500. The van der Waals surface area contributed by atoms with Gasteiger partial charge < -0.3 is 24.6 Å². The summed E-state index contributed by atoms with van der Waals surface area (Å²) < 4.78 is 61.5. The molecule has 2 aromatic heterocycles. The van der Waals surface area contributed by atoms with E-state index < -0.39 is 24.9 Å². The summed E-state index contributed by atoms with van der Waals surface area (Å²) >= 11 is 0. The highest BCUT2D eigenvalue weighted by molar-refractivity contribution is 5.96. The van der Waals surface area contributed by atoms with Gasteiger partial charge in [-0.15, -0.1) is 0 Å². The minimum absolute atomic E-state index is 0.0197. The van der Waals surface area contributed by atoms with Crippen LogP contribution in [-0.4, -0.2) is 64.0 Å². The van der Waals surface area contributed by atoms with Crippen molar-refractivity contribution >= 4 is 22.5 Å². The largest absolute Gasteiger partial charge is 0.406 e. The molecule has 2 fully saturated rings. The lowest BCUT2D eigenvalue weighted by molar-refractivity contribution is -0.139. The molecule has 1 saturated carbocycles. The molecule has 37 heavy (non-hydrogen) atoms. The Morgan fingerprint density at radius 3 is 2.86 bits per heavy atom. The Kier molecular flexibility index (Phi) is 6.53. The minimum Gasteiger partial charge on any atom is -0.379 e. The number of nitriles is 1. The molecular formula is C24H25F4N7O2. The third kappa shape index (κ3) is 5.39. The minimum atomic E-state index is -4.52. The smallest absolute Gasteiger partial charge is 0.379 e. The van der Waals surface area contributed by atoms with E-state index in [9.17, 15) is 22.4 Å². The number of nitrogens with one attached hydrogen (secondary N) is 2. The molecule has 0 radical (unpaired) electrons. The van der Waals surface area contributed by atoms with Gasteiger partial charge in [0, 0.05) is 24.2 Å². The van der Waals surface area contributed by atoms with Crippen molar-refractivity contribution in [3.8, 4) is 17.6 Å². The molecule has 0 unspecified atom stereocenters. The van der Waals surface area contributed by atoms with Crippen LogP contribution in [0, 0.1) is 23.2 Å². The molecule has 9 nitrogen and oxygen atoms in total. The van der Waals surface area contributed by atoms with Crippen molar-refractivity contribution in [2.45, 2.75) is 44.3 Å². The standard InChI is InChI=1S/C24H25F4N7O2/c1-34-6-5-18(16(25)11-34)31-17-3-2-4-19-15(17)8-20(35(19)12-24(26,27)28)22-32-21(37-33-22)10-30-23(36)14-7-13(14)9-29/h2-4,8,13-14,16,18,31H,5-7,10-12H2,1H3,(H,30,36)/t13-,14+,16-,18+/m0/s1. The molecule has 5 rings (SSSR count). The highest BCUT2D eigenvalue weighted by atomic mass is 19.4. The van der Waals surface area contributed by atoms with Crippen LogP contribution in [0.3, 0.4) is 0 Å². The zero-order valence-electron chi connectivity index (χ0n) is 19.9. The molecule has 1 aliphatic carbocycles. The number of amides is 1. The number of halogens is 4. The Balaban J connectivity index is 1.42. The number of hydrogen-bond acceptors (Lipinski definition) is 7. The van der Waals surface area contributed by atoms with Crippen molar-refractivity contribution in [3.05, 3.63) is 30.2 Å². The Labute approximate surface area is 209 Å². The van der Waals surface area contributed by atoms with Crippen LogP contribution in [-0.2, 0) is 17.9 Å². The first-order valence-electron chi connectivity index (χ1n) is 11.9. The summed E-state index contributed by atoms with van der Waals surface area (Å²) in [5, 5.41) is 19.0. The summed E-state index contributed by atoms with van der Waals surface area (Å²) in [4.78, 5) is 18.2. The van der Waals surface area contributed by atoms with Crippen LogP contribution in [0.1, 0.15) is 18.7 Å². The van der Waals surface area contributed by atoms with E-state index in [1.54, 1.807) is 18.2 Å². The van der Waals surface area contributed by atoms with Gasteiger partial charge in [-0.3, -0.25) is 4.79 Å². The van der Waals surface area contributed by atoms with Gasteiger partial charge in [-0.1, -0.05) is 11.2 Å². The highest BCUT2D eigenvalue weighted by Crippen LogP contribution is 2.38. The Morgan fingerprint density at radius 2 is 2.16 bits per heavy atom. The third-order valence-corrected chi connectivity index (χ3v) is 6.77. The predicted molar refractivity (Wildman–Crippen MR) is 125 cm³/mol. The van der Waals surface area contributed by atoms with E-state index in [4.69, 9.17) is 9.78 Å². The van der Waals surface area contributed by atoms with Crippen molar-refractivity contribution in [1.82, 2.24) is 24.9 Å². The topological polar surface area (TPSA) is 112 Å². The average Bonchev–Trinajstić information content (AvgIpc) is 3.35. The number of piperidine rings is 1. The molecule has 1 saturated heterocycles. The maximum absolute atomic E-state index is 14.6. The van der Waals surface area contributed by atoms with E-state index in [0.717, 1.165) is 4.57 Å². The molecule has 0 spiro atoms. The number of hydrogen-bond donors (Lipinski definition) is 2. The van der Waals surface area contributed by atoms with Crippen LogP contribution >= 0.6 is 0 Å². The fourth-order valence-corrected chi connectivity index (χ4v) is 4.72. The highest BCUT2D eigenvalue weighted by Gasteiger charge is 2.43. The summed E-state index contributed by atoms with van der Waals surface area (Å²) in [5.41, 5.74) is 0.885. The molecular weight excluding hydrogens is 494 g/mol. The molecule has 1 aromatic carbocycles. The number of carbonyl (C=O) groups is 1. The lowest BCUT2D eigenvalue weighted by atomic mass is 10.0. The number of likely N-dealkylation sites (tertiary alicyclic amines) is 1. The van der Waals surface area contributed by atoms with Gasteiger partial charge in [0.2, 0.25) is 17.6 Å².